The third-order valence-corrected chi connectivity index (χ3v) is 6.52. The molecule has 1 aliphatic rings. The Morgan fingerprint density at radius 1 is 1.09 bits per heavy atom. The lowest BCUT2D eigenvalue weighted by Crippen LogP contribution is -2.35. The highest BCUT2D eigenvalue weighted by Crippen LogP contribution is 2.27. The van der Waals surface area contributed by atoms with Gasteiger partial charge >= 0.3 is 6.61 Å². The van der Waals surface area contributed by atoms with Crippen LogP contribution in [0.1, 0.15) is 22.9 Å². The normalized spacial score (nSPS) is 14.5. The van der Waals surface area contributed by atoms with E-state index in [0.29, 0.717) is 11.3 Å². The number of amides is 1. The molecule has 32 heavy (non-hydrogen) atoms. The van der Waals surface area contributed by atoms with Crippen molar-refractivity contribution in [1.29, 1.82) is 0 Å². The summed E-state index contributed by atoms with van der Waals surface area (Å²) in [6.45, 7) is -2.95. The van der Waals surface area contributed by atoms with E-state index in [0.717, 1.165) is 28.4 Å². The first kappa shape index (κ1) is 21.8. The number of aromatic nitrogens is 2. The fourth-order valence-electron chi connectivity index (χ4n) is 3.36. The second-order valence-electron chi connectivity index (χ2n) is 7.02. The maximum Gasteiger partial charge on any atom is 0.387 e. The monoisotopic (exact) mass is 466 g/mol. The van der Waals surface area contributed by atoms with Crippen LogP contribution < -0.4 is 10.5 Å². The van der Waals surface area contributed by atoms with Crippen LogP contribution in [0.25, 0.3) is 0 Å². The molecule has 0 aliphatic carbocycles. The zero-order chi connectivity index (χ0) is 23.0. The highest BCUT2D eigenvalue weighted by atomic mass is 32.2. The summed E-state index contributed by atoms with van der Waals surface area (Å²) in [5.41, 5.74) is 6.86. The van der Waals surface area contributed by atoms with Crippen LogP contribution in [-0.4, -0.2) is 35.0 Å². The van der Waals surface area contributed by atoms with E-state index in [9.17, 15) is 26.4 Å². The van der Waals surface area contributed by atoms with Gasteiger partial charge in [0.25, 0.3) is 10.0 Å². The minimum Gasteiger partial charge on any atom is -0.435 e. The molecule has 1 amide bonds. The first-order valence-electron chi connectivity index (χ1n) is 9.33. The zero-order valence-corrected chi connectivity index (χ0v) is 17.2. The highest BCUT2D eigenvalue weighted by Gasteiger charge is 2.32. The second kappa shape index (κ2) is 8.28. The number of carbonyl (C=O) groups excluding carboxylic acids is 1. The average Bonchev–Trinajstić information content (AvgIpc) is 3.33. The van der Waals surface area contributed by atoms with Crippen molar-refractivity contribution in [2.75, 3.05) is 0 Å². The van der Waals surface area contributed by atoms with Crippen molar-refractivity contribution < 1.29 is 31.1 Å². The largest absolute Gasteiger partial charge is 0.435 e. The molecule has 1 aromatic heterocycles. The predicted octanol–water partition coefficient (Wildman–Crippen LogP) is 2.40. The molecule has 0 fully saturated rings. The molecule has 12 heteroatoms. The first-order valence-corrected chi connectivity index (χ1v) is 10.8. The van der Waals surface area contributed by atoms with Crippen molar-refractivity contribution in [1.82, 2.24) is 14.1 Å². The van der Waals surface area contributed by atoms with E-state index in [1.54, 1.807) is 6.07 Å². The Bertz CT molecular complexity index is 1240. The fourth-order valence-corrected chi connectivity index (χ4v) is 4.53. The number of nitrogens with zero attached hydrogens (tertiary/aromatic N) is 3. The minimum absolute atomic E-state index is 0.0139. The first-order chi connectivity index (χ1) is 15.2. The molecular formula is C20H17F3N4O4S. The van der Waals surface area contributed by atoms with E-state index >= 15 is 0 Å². The molecule has 3 aromatic rings. The van der Waals surface area contributed by atoms with Crippen LogP contribution in [0.5, 0.6) is 5.75 Å². The lowest BCUT2D eigenvalue weighted by atomic mass is 10.1. The lowest BCUT2D eigenvalue weighted by molar-refractivity contribution is -0.133. The topological polar surface area (TPSA) is 108 Å². The number of hydrogen-bond acceptors (Lipinski definition) is 6. The molecule has 2 heterocycles. The van der Waals surface area contributed by atoms with Gasteiger partial charge in [0.15, 0.2) is 0 Å². The second-order valence-corrected chi connectivity index (χ2v) is 8.82. The predicted molar refractivity (Wildman–Crippen MR) is 105 cm³/mol. The third-order valence-electron chi connectivity index (χ3n) is 4.97. The van der Waals surface area contributed by atoms with Crippen LogP contribution in [0.4, 0.5) is 13.2 Å². The Morgan fingerprint density at radius 2 is 1.78 bits per heavy atom. The number of carbonyl (C=O) groups is 1. The molecule has 0 radical (unpaired) electrons. The Morgan fingerprint density at radius 3 is 2.41 bits per heavy atom. The Balaban J connectivity index is 1.49. The smallest absolute Gasteiger partial charge is 0.387 e. The van der Waals surface area contributed by atoms with Gasteiger partial charge in [-0.3, -0.25) is 4.79 Å². The van der Waals surface area contributed by atoms with Gasteiger partial charge in [0, 0.05) is 23.9 Å². The number of halogens is 3. The van der Waals surface area contributed by atoms with Crippen LogP contribution in [0, 0.1) is 5.82 Å². The summed E-state index contributed by atoms with van der Waals surface area (Å²) in [5.74, 6) is -1.29. The molecule has 0 spiro atoms. The van der Waals surface area contributed by atoms with E-state index in [1.807, 2.05) is 0 Å². The maximum atomic E-state index is 13.9. The molecule has 1 atom stereocenters. The van der Waals surface area contributed by atoms with E-state index in [2.05, 4.69) is 9.84 Å². The summed E-state index contributed by atoms with van der Waals surface area (Å²) in [4.78, 5) is 13.9. The van der Waals surface area contributed by atoms with Gasteiger partial charge in [-0.05, 0) is 30.3 Å². The zero-order valence-electron chi connectivity index (χ0n) is 16.4. The van der Waals surface area contributed by atoms with Crippen LogP contribution in [-0.2, 0) is 27.9 Å². The summed E-state index contributed by atoms with van der Waals surface area (Å²) < 4.78 is 69.0. The van der Waals surface area contributed by atoms with Gasteiger partial charge in [-0.1, -0.05) is 18.2 Å². The molecule has 0 saturated carbocycles. The van der Waals surface area contributed by atoms with Crippen molar-refractivity contribution in [3.05, 3.63) is 77.4 Å². The summed E-state index contributed by atoms with van der Waals surface area (Å²) in [6, 6.07) is 8.98. The number of benzene rings is 2. The Hall–Kier alpha value is -3.38. The number of ether oxygens (including phenoxy) is 1. The summed E-state index contributed by atoms with van der Waals surface area (Å²) in [5, 5.41) is 4.06. The van der Waals surface area contributed by atoms with E-state index in [1.165, 1.54) is 29.3 Å². The number of nitrogens with two attached hydrogens (primary N) is 1. The van der Waals surface area contributed by atoms with Crippen molar-refractivity contribution in [2.45, 2.75) is 30.6 Å². The number of hydrogen-bond donors (Lipinski definition) is 1. The molecular weight excluding hydrogens is 449 g/mol. The number of rotatable bonds is 6. The summed E-state index contributed by atoms with van der Waals surface area (Å²) in [7, 11) is -4.08. The Labute approximate surface area is 181 Å². The van der Waals surface area contributed by atoms with Gasteiger partial charge in [-0.25, -0.2) is 4.39 Å². The molecule has 0 bridgehead atoms. The number of alkyl halides is 2. The Kier molecular flexibility index (Phi) is 5.65. The van der Waals surface area contributed by atoms with Crippen molar-refractivity contribution in [3.8, 4) is 5.75 Å². The van der Waals surface area contributed by atoms with E-state index in [-0.39, 0.29) is 29.3 Å². The van der Waals surface area contributed by atoms with Crippen LogP contribution >= 0.6 is 0 Å². The molecule has 2 N–H and O–H groups in total. The molecule has 168 valence electrons. The van der Waals surface area contributed by atoms with Gasteiger partial charge in [0.2, 0.25) is 5.91 Å². The summed E-state index contributed by atoms with van der Waals surface area (Å²) in [6.07, 6.45) is 1.27. The highest BCUT2D eigenvalue weighted by molar-refractivity contribution is 7.89. The van der Waals surface area contributed by atoms with Gasteiger partial charge in [0.1, 0.15) is 17.6 Å². The van der Waals surface area contributed by atoms with Gasteiger partial charge < -0.3 is 15.4 Å². The van der Waals surface area contributed by atoms with Gasteiger partial charge in [-0.2, -0.15) is 26.4 Å². The van der Waals surface area contributed by atoms with Crippen LogP contribution in [0.2, 0.25) is 0 Å². The quantitative estimate of drug-likeness (QED) is 0.598. The third kappa shape index (κ3) is 4.06. The van der Waals surface area contributed by atoms with E-state index in [4.69, 9.17) is 5.73 Å². The van der Waals surface area contributed by atoms with Crippen LogP contribution in [0.15, 0.2) is 59.6 Å². The van der Waals surface area contributed by atoms with Gasteiger partial charge in [-0.15, -0.1) is 0 Å². The molecule has 1 unspecified atom stereocenters. The standard InChI is InChI=1S/C20H17F3N4O4S/c21-16-4-2-1-3-15(16)18(24)19(28)26-9-12-10-27(25-17(12)11-26)32(29,30)14-7-5-13(6-8-14)31-20(22)23/h1-8,10,18,20H,9,11,24H2. The fraction of sp³-hybridized carbons (Fsp3) is 0.200. The van der Waals surface area contributed by atoms with E-state index < -0.39 is 34.4 Å². The average molecular weight is 466 g/mol. The molecule has 4 rings (SSSR count). The van der Waals surface area contributed by atoms with Gasteiger partial charge in [0.05, 0.1) is 17.1 Å². The lowest BCUT2D eigenvalue weighted by Gasteiger charge is -2.21. The molecule has 1 aliphatic heterocycles. The molecule has 2 aromatic carbocycles. The van der Waals surface area contributed by atoms with Crippen molar-refractivity contribution in [2.24, 2.45) is 5.73 Å². The van der Waals surface area contributed by atoms with Crippen molar-refractivity contribution >= 4 is 15.9 Å². The minimum atomic E-state index is -4.08. The summed E-state index contributed by atoms with van der Waals surface area (Å²) >= 11 is 0. The van der Waals surface area contributed by atoms with Crippen molar-refractivity contribution in [3.63, 3.8) is 0 Å². The number of fused-ring (bicyclic) bond motifs is 1. The van der Waals surface area contributed by atoms with Crippen LogP contribution in [0.3, 0.4) is 0 Å². The SMILES string of the molecule is NC(C(=O)N1Cc2cn(S(=O)(=O)c3ccc(OC(F)F)cc3)nc2C1)c1ccccc1F. The molecule has 0 saturated heterocycles. The maximum absolute atomic E-state index is 13.9. The molecule has 8 nitrogen and oxygen atoms in total.